The van der Waals surface area contributed by atoms with E-state index in [2.05, 4.69) is 10.3 Å². The summed E-state index contributed by atoms with van der Waals surface area (Å²) in [5.74, 6) is 0.512. The Morgan fingerprint density at radius 1 is 1.02 bits per heavy atom. The molecule has 0 aromatic heterocycles. The number of benzene rings is 2. The van der Waals surface area contributed by atoms with E-state index in [9.17, 15) is 23.2 Å². The third-order valence-electron chi connectivity index (χ3n) is 7.04. The number of aromatic hydroxyl groups is 1. The fraction of sp³-hybridized carbons (Fsp3) is 0.571. The molecule has 1 heterocycles. The molecule has 2 aromatic carbocycles. The maximum absolute atomic E-state index is 12.9. The van der Waals surface area contributed by atoms with Gasteiger partial charge in [0.05, 0.1) is 24.6 Å². The lowest BCUT2D eigenvalue weighted by Gasteiger charge is -2.35. The second-order valence-electron chi connectivity index (χ2n) is 11.0. The topological polar surface area (TPSA) is 123 Å². The molecule has 0 bridgehead atoms. The molecule has 0 saturated carbocycles. The second-order valence-corrected chi connectivity index (χ2v) is 11.0. The van der Waals surface area contributed by atoms with Crippen molar-refractivity contribution in [2.24, 2.45) is 11.5 Å². The standard InChI is InChI=1S/C28H42F3N7O3/c1-18(2)22-14-23(24(39)15-25(22)41-5)26(32)37(27(33)38(40)34-19(3)4)21-8-6-20(7-9-21)16-35-10-12-36(13-11-35)17-28(29,30)31/h6-9,14-15,18-19,26-27H,10-13,16-17,32-33H2,1-5H3,(H-,34,39,40)/p+1. The lowest BCUT2D eigenvalue weighted by Crippen LogP contribution is -2.57. The Kier molecular flexibility index (Phi) is 10.8. The summed E-state index contributed by atoms with van der Waals surface area (Å²) in [5, 5.41) is 10.9. The summed E-state index contributed by atoms with van der Waals surface area (Å²) in [4.78, 5) is 18.5. The highest BCUT2D eigenvalue weighted by Gasteiger charge is 2.36. The van der Waals surface area contributed by atoms with E-state index in [0.29, 0.717) is 54.6 Å². The molecule has 2 unspecified atom stereocenters. The number of nitrogens with one attached hydrogen (secondary N) is 1. The highest BCUT2D eigenvalue weighted by Crippen LogP contribution is 2.37. The van der Waals surface area contributed by atoms with Gasteiger partial charge in [-0.15, -0.1) is 5.43 Å². The molecular weight excluding hydrogens is 539 g/mol. The van der Waals surface area contributed by atoms with Crippen molar-refractivity contribution in [1.29, 1.82) is 0 Å². The molecule has 228 valence electrons. The van der Waals surface area contributed by atoms with E-state index in [1.165, 1.54) is 23.0 Å². The van der Waals surface area contributed by atoms with Crippen molar-refractivity contribution >= 4 is 5.69 Å². The van der Waals surface area contributed by atoms with Gasteiger partial charge in [0.15, 0.2) is 4.87 Å². The number of phenols is 1. The van der Waals surface area contributed by atoms with Crippen LogP contribution in [0.25, 0.3) is 0 Å². The molecule has 1 aliphatic rings. The summed E-state index contributed by atoms with van der Waals surface area (Å²) in [7, 11) is 1.53. The predicted molar refractivity (Wildman–Crippen MR) is 152 cm³/mol. The third kappa shape index (κ3) is 8.68. The quantitative estimate of drug-likeness (QED) is 0.169. The van der Waals surface area contributed by atoms with Crippen molar-refractivity contribution in [2.45, 2.75) is 64.8 Å². The first-order valence-electron chi connectivity index (χ1n) is 13.7. The number of piperazine rings is 1. The van der Waals surface area contributed by atoms with E-state index in [1.807, 2.05) is 39.8 Å². The number of halogens is 3. The van der Waals surface area contributed by atoms with Gasteiger partial charge in [-0.05, 0) is 49.1 Å². The lowest BCUT2D eigenvalue weighted by atomic mass is 9.97. The van der Waals surface area contributed by atoms with Crippen molar-refractivity contribution in [3.8, 4) is 11.5 Å². The molecule has 0 radical (unpaired) electrons. The maximum Gasteiger partial charge on any atom is 0.401 e. The van der Waals surface area contributed by atoms with Gasteiger partial charge in [-0.1, -0.05) is 26.0 Å². The van der Waals surface area contributed by atoms with Gasteiger partial charge in [-0.25, -0.2) is 5.73 Å². The molecule has 2 aromatic rings. The Hall–Kier alpha value is -3.13. The number of methoxy groups -OCH3 is 1. The molecule has 2 atom stereocenters. The van der Waals surface area contributed by atoms with Gasteiger partial charge in [-0.2, -0.15) is 13.2 Å². The van der Waals surface area contributed by atoms with Crippen molar-refractivity contribution in [3.63, 3.8) is 0 Å². The number of nitrogens with zero attached hydrogens (tertiary/aromatic N) is 4. The maximum atomic E-state index is 12.9. The van der Waals surface area contributed by atoms with Gasteiger partial charge in [0.1, 0.15) is 17.7 Å². The first-order valence-corrected chi connectivity index (χ1v) is 13.7. The van der Waals surface area contributed by atoms with E-state index >= 15 is 0 Å². The van der Waals surface area contributed by atoms with E-state index in [1.54, 1.807) is 18.2 Å². The molecular formula is C28H43F3N7O3+. The van der Waals surface area contributed by atoms with Crippen molar-refractivity contribution in [2.75, 3.05) is 44.7 Å². The van der Waals surface area contributed by atoms with Crippen LogP contribution >= 0.6 is 0 Å². The first kappa shape index (κ1) is 32.4. The monoisotopic (exact) mass is 582 g/mol. The van der Waals surface area contributed by atoms with Crippen molar-refractivity contribution < 1.29 is 27.9 Å². The van der Waals surface area contributed by atoms with Crippen LogP contribution in [0.1, 0.15) is 56.5 Å². The molecule has 13 heteroatoms. The number of hydrogen-bond donors (Lipinski definition) is 4. The average molecular weight is 583 g/mol. The minimum Gasteiger partial charge on any atom is -0.507 e. The number of hydrazine groups is 1. The summed E-state index contributed by atoms with van der Waals surface area (Å²) in [5.41, 5.74) is 18.6. The zero-order valence-electron chi connectivity index (χ0n) is 24.4. The van der Waals surface area contributed by atoms with Gasteiger partial charge in [-0.3, -0.25) is 14.7 Å². The normalized spacial score (nSPS) is 16.6. The number of hydrogen-bond acceptors (Lipinski definition) is 8. The molecule has 0 amide bonds. The van der Waals surface area contributed by atoms with Crippen LogP contribution in [0, 0.1) is 4.91 Å². The summed E-state index contributed by atoms with van der Waals surface area (Å²) >= 11 is 0. The molecule has 1 aliphatic heterocycles. The summed E-state index contributed by atoms with van der Waals surface area (Å²) in [6.07, 6.45) is -6.44. The molecule has 41 heavy (non-hydrogen) atoms. The van der Waals surface area contributed by atoms with Crippen LogP contribution in [0.4, 0.5) is 18.9 Å². The minimum absolute atomic E-state index is 0.0758. The average Bonchev–Trinajstić information content (AvgIpc) is 2.89. The number of anilines is 1. The van der Waals surface area contributed by atoms with Crippen LogP contribution in [0.5, 0.6) is 11.5 Å². The Morgan fingerprint density at radius 3 is 2.12 bits per heavy atom. The van der Waals surface area contributed by atoms with E-state index in [-0.39, 0.29) is 17.7 Å². The van der Waals surface area contributed by atoms with Crippen LogP contribution in [-0.4, -0.2) is 78.1 Å². The number of ether oxygens (including phenoxy) is 1. The van der Waals surface area contributed by atoms with Gasteiger partial charge in [0, 0.05) is 50.0 Å². The third-order valence-corrected chi connectivity index (χ3v) is 7.04. The van der Waals surface area contributed by atoms with E-state index in [0.717, 1.165) is 11.1 Å². The summed E-state index contributed by atoms with van der Waals surface area (Å²) < 4.78 is 43.6. The number of nitroso groups, excluding NO2 is 1. The van der Waals surface area contributed by atoms with E-state index in [4.69, 9.17) is 16.2 Å². The zero-order chi connectivity index (χ0) is 30.5. The molecule has 3 rings (SSSR count). The lowest BCUT2D eigenvalue weighted by molar-refractivity contribution is -0.644. The second kappa shape index (κ2) is 13.7. The molecule has 1 fully saturated rings. The number of nitrogens with two attached hydrogens (primary N) is 2. The zero-order valence-corrected chi connectivity index (χ0v) is 24.4. The predicted octanol–water partition coefficient (Wildman–Crippen LogP) is 3.60. The Morgan fingerprint density at radius 2 is 1.61 bits per heavy atom. The minimum atomic E-state index is -4.20. The van der Waals surface area contributed by atoms with Crippen LogP contribution in [0.3, 0.4) is 0 Å². The number of phenolic OH excluding ortho intramolecular Hbond substituents is 1. The highest BCUT2D eigenvalue weighted by molar-refractivity contribution is 5.54. The van der Waals surface area contributed by atoms with Gasteiger partial charge >= 0.3 is 12.5 Å². The van der Waals surface area contributed by atoms with Crippen LogP contribution in [0.15, 0.2) is 36.4 Å². The first-order chi connectivity index (χ1) is 19.2. The van der Waals surface area contributed by atoms with Gasteiger partial charge < -0.3 is 15.6 Å². The molecule has 0 spiro atoms. The number of rotatable bonds is 12. The van der Waals surface area contributed by atoms with Crippen LogP contribution in [0.2, 0.25) is 0 Å². The smallest absolute Gasteiger partial charge is 0.401 e. The largest absolute Gasteiger partial charge is 0.507 e. The molecule has 10 nitrogen and oxygen atoms in total. The Bertz CT molecular complexity index is 1150. The molecule has 0 aliphatic carbocycles. The van der Waals surface area contributed by atoms with Gasteiger partial charge in [0.2, 0.25) is 0 Å². The highest BCUT2D eigenvalue weighted by atomic mass is 19.4. The van der Waals surface area contributed by atoms with Crippen molar-refractivity contribution in [1.82, 2.24) is 15.2 Å². The Labute approximate surface area is 239 Å². The SMILES string of the molecule is COc1cc(O)c(C(N)N(c2ccc(CN3CCN(CC(F)(F)F)CC3)cc2)C(N)[N+](=O)NC(C)C)cc1C(C)C. The van der Waals surface area contributed by atoms with E-state index < -0.39 is 25.2 Å². The fourth-order valence-corrected chi connectivity index (χ4v) is 4.93. The fourth-order valence-electron chi connectivity index (χ4n) is 4.93. The van der Waals surface area contributed by atoms with Gasteiger partial charge in [0.25, 0.3) is 0 Å². The summed E-state index contributed by atoms with van der Waals surface area (Å²) in [6.45, 7) is 9.04. The van der Waals surface area contributed by atoms with Crippen LogP contribution in [-0.2, 0) is 6.54 Å². The van der Waals surface area contributed by atoms with Crippen LogP contribution < -0.4 is 26.5 Å². The Balaban J connectivity index is 1.85. The molecule has 1 saturated heterocycles. The van der Waals surface area contributed by atoms with Crippen molar-refractivity contribution in [3.05, 3.63) is 58.0 Å². The molecule has 6 N–H and O–H groups in total. The summed E-state index contributed by atoms with van der Waals surface area (Å²) in [6, 6.07) is 10.4. The number of alkyl halides is 3.